The Hall–Kier alpha value is -11.0. The summed E-state index contributed by atoms with van der Waals surface area (Å²) >= 11 is 7.89. The average Bonchev–Trinajstić information content (AvgIpc) is 1.65. The number of unbranched alkanes of at least 4 members (excludes halogenated alkanes) is 3. The molecule has 5 rings (SSSR count). The molecule has 0 bridgehead atoms. The molecule has 8 amide bonds. The van der Waals surface area contributed by atoms with E-state index in [2.05, 4.69) is 98.9 Å². The first-order chi connectivity index (χ1) is 70.9. The molecule has 1 saturated heterocycles. The molecule has 2 aliphatic heterocycles. The number of nitrogens with one attached hydrogen (secondary N) is 12. The summed E-state index contributed by atoms with van der Waals surface area (Å²) in [7, 11) is 0. The molecule has 52 heteroatoms. The van der Waals surface area contributed by atoms with Gasteiger partial charge in [0.1, 0.15) is 24.2 Å². The van der Waals surface area contributed by atoms with Gasteiger partial charge in [-0.05, 0) is 166 Å². The SMILES string of the molecule is O=C(O)CC[C@H](NC(=O)N[C@@H](CCCCNC(=O)Nc1cccc(C2=CN(CCOCCOCCOCCC(=O)NC(CCCCNC(=S)Nc3ccc(CC4CN(CC(=O)O)CCN(CC(=O)O)CCN(CC(=O)O)CCN4CC(=O)O)cc3)C(=O)NCCOCCOCCOCCOCCOCCOCCOCCOCCC(=O)N[C@@H](CCCCNC(=O)CCCc3ccc(I)cc3)C(=O)O)NN2)c1)C(=O)O)C(=O)O. The molecule has 2 heterocycles. The van der Waals surface area contributed by atoms with Crippen LogP contribution in [0.15, 0.2) is 79.0 Å². The second kappa shape index (κ2) is 78.2. The Labute approximate surface area is 873 Å². The van der Waals surface area contributed by atoms with E-state index >= 15 is 0 Å². The second-order valence-corrected chi connectivity index (χ2v) is 35.6. The molecule has 0 aliphatic carbocycles. The topological polar surface area (TPSA) is 663 Å². The van der Waals surface area contributed by atoms with Crippen molar-refractivity contribution in [2.24, 2.45) is 0 Å². The summed E-state index contributed by atoms with van der Waals surface area (Å²) in [6.07, 6.45) is 6.23. The zero-order chi connectivity index (χ0) is 107. The van der Waals surface area contributed by atoms with Gasteiger partial charge >= 0.3 is 59.8 Å². The first-order valence-corrected chi connectivity index (χ1v) is 50.6. The molecule has 0 spiro atoms. The molecule has 50 nitrogen and oxygen atoms in total. The number of aryl methyl sites for hydroxylation is 1. The van der Waals surface area contributed by atoms with Crippen molar-refractivity contribution in [2.45, 2.75) is 139 Å². The molecule has 0 aromatic heterocycles. The summed E-state index contributed by atoms with van der Waals surface area (Å²) in [5, 5.41) is 106. The quantitative estimate of drug-likeness (QED) is 0.0215. The van der Waals surface area contributed by atoms with Gasteiger partial charge in [0.2, 0.25) is 23.6 Å². The van der Waals surface area contributed by atoms with Gasteiger partial charge in [-0.25, -0.2) is 24.0 Å². The van der Waals surface area contributed by atoms with Crippen LogP contribution in [0, 0.1) is 3.57 Å². The van der Waals surface area contributed by atoms with Gasteiger partial charge in [-0.2, -0.15) is 0 Å². The summed E-state index contributed by atoms with van der Waals surface area (Å²) < 4.78 is 62.9. The third kappa shape index (κ3) is 63.4. The van der Waals surface area contributed by atoms with Crippen LogP contribution in [0.5, 0.6) is 0 Å². The molecule has 2 aliphatic rings. The number of anilines is 2. The first-order valence-electron chi connectivity index (χ1n) is 49.1. The predicted molar refractivity (Wildman–Crippen MR) is 545 cm³/mol. The van der Waals surface area contributed by atoms with Crippen molar-refractivity contribution in [1.82, 2.24) is 78.1 Å². The highest BCUT2D eigenvalue weighted by Gasteiger charge is 2.31. The lowest BCUT2D eigenvalue weighted by Crippen LogP contribution is -2.53. The molecule has 3 aromatic carbocycles. The van der Waals surface area contributed by atoms with E-state index in [4.69, 9.17) is 69.4 Å². The number of aliphatic carboxylic acids is 8. The third-order valence-electron chi connectivity index (χ3n) is 22.2. The minimum atomic E-state index is -1.54. The smallest absolute Gasteiger partial charge is 0.326 e. The number of benzene rings is 3. The number of thiocarbonyl (C=S) groups is 1. The number of urea groups is 2. The van der Waals surface area contributed by atoms with Crippen molar-refractivity contribution in [1.29, 1.82) is 0 Å². The van der Waals surface area contributed by atoms with E-state index in [0.717, 1.165) is 27.5 Å². The minimum Gasteiger partial charge on any atom is -0.481 e. The van der Waals surface area contributed by atoms with E-state index in [0.29, 0.717) is 153 Å². The fourth-order valence-electron chi connectivity index (χ4n) is 14.6. The summed E-state index contributed by atoms with van der Waals surface area (Å²) in [6, 6.07) is 15.4. The van der Waals surface area contributed by atoms with E-state index in [9.17, 15) is 103 Å². The lowest BCUT2D eigenvalue weighted by atomic mass is 10.0. The number of rotatable bonds is 82. The van der Waals surface area contributed by atoms with Crippen LogP contribution >= 0.6 is 34.8 Å². The van der Waals surface area contributed by atoms with Crippen LogP contribution < -0.4 is 64.1 Å². The number of hydrogen-bond acceptors (Lipinski definition) is 33. The third-order valence-corrected chi connectivity index (χ3v) is 23.2. The van der Waals surface area contributed by atoms with Crippen molar-refractivity contribution in [3.8, 4) is 0 Å². The number of halogens is 1. The Morgan fingerprint density at radius 2 is 0.816 bits per heavy atom. The van der Waals surface area contributed by atoms with Crippen LogP contribution in [0.3, 0.4) is 0 Å². The number of nitrogens with zero attached hydrogens (tertiary/aromatic N) is 5. The minimum absolute atomic E-state index is 0.00707. The Kier molecular flexibility index (Phi) is 67.3. The summed E-state index contributed by atoms with van der Waals surface area (Å²) in [5.41, 5.74) is 10.6. The number of carboxylic acids is 8. The van der Waals surface area contributed by atoms with Gasteiger partial charge in [0.05, 0.1) is 184 Å². The number of amides is 8. The van der Waals surface area contributed by atoms with Crippen LogP contribution in [0.1, 0.15) is 113 Å². The van der Waals surface area contributed by atoms with Crippen LogP contribution in [0.25, 0.3) is 5.70 Å². The molecule has 0 saturated carbocycles. The van der Waals surface area contributed by atoms with E-state index in [1.807, 2.05) is 36.5 Å². The number of hydrogen-bond donors (Lipinski definition) is 20. The van der Waals surface area contributed by atoms with Crippen LogP contribution in [-0.4, -0.2) is 434 Å². The van der Waals surface area contributed by atoms with Gasteiger partial charge in [0, 0.05) is 130 Å². The highest BCUT2D eigenvalue weighted by atomic mass is 127. The zero-order valence-electron chi connectivity index (χ0n) is 83.1. The molecule has 0 radical (unpaired) electrons. The number of carbonyl (C=O) groups excluding carboxylic acids is 6. The van der Waals surface area contributed by atoms with E-state index < -0.39 is 134 Å². The van der Waals surface area contributed by atoms with Gasteiger partial charge in [0.25, 0.3) is 0 Å². The van der Waals surface area contributed by atoms with Crippen LogP contribution in [0.4, 0.5) is 21.0 Å². The van der Waals surface area contributed by atoms with Crippen molar-refractivity contribution in [2.75, 3.05) is 261 Å². The summed E-state index contributed by atoms with van der Waals surface area (Å²) in [6.45, 7) is 7.01. The molecule has 824 valence electrons. The maximum Gasteiger partial charge on any atom is 0.326 e. The van der Waals surface area contributed by atoms with E-state index in [-0.39, 0.29) is 196 Å². The Morgan fingerprint density at radius 3 is 1.32 bits per heavy atom. The van der Waals surface area contributed by atoms with Crippen molar-refractivity contribution < 1.29 is 160 Å². The Bertz CT molecular complexity index is 4430. The van der Waals surface area contributed by atoms with Gasteiger partial charge < -0.3 is 152 Å². The predicted octanol–water partition coefficient (Wildman–Crippen LogP) is 1.35. The Morgan fingerprint density at radius 1 is 0.381 bits per heavy atom. The average molecular weight is 2220 g/mol. The van der Waals surface area contributed by atoms with Crippen molar-refractivity contribution >= 4 is 140 Å². The molecule has 5 atom stereocenters. The fraction of sp³-hybridized carbons (Fsp3) is 0.632. The van der Waals surface area contributed by atoms with Gasteiger partial charge in [-0.3, -0.25) is 67.8 Å². The number of hydrazine groups is 2. The van der Waals surface area contributed by atoms with Crippen LogP contribution in [0.2, 0.25) is 0 Å². The summed E-state index contributed by atoms with van der Waals surface area (Å²) in [5.74, 6) is -11.0. The van der Waals surface area contributed by atoms with Crippen molar-refractivity contribution in [3.05, 3.63) is 99.3 Å². The van der Waals surface area contributed by atoms with Gasteiger partial charge in [-0.1, -0.05) is 36.4 Å². The normalized spacial score (nSPS) is 14.6. The number of ether oxygens (including phenoxy) is 11. The number of carbonyl (C=O) groups is 14. The number of carboxylic acid groups (broad SMARTS) is 8. The summed E-state index contributed by atoms with van der Waals surface area (Å²) in [4.78, 5) is 177. The van der Waals surface area contributed by atoms with Gasteiger partial charge in [0.15, 0.2) is 5.11 Å². The lowest BCUT2D eigenvalue weighted by molar-refractivity contribution is -0.142. The van der Waals surface area contributed by atoms with Gasteiger partial charge in [-0.15, -0.1) is 5.53 Å². The molecule has 147 heavy (non-hydrogen) atoms. The highest BCUT2D eigenvalue weighted by molar-refractivity contribution is 14.1. The maximum absolute atomic E-state index is 13.7. The molecular weight excluding hydrogens is 2070 g/mol. The zero-order valence-corrected chi connectivity index (χ0v) is 86.1. The van der Waals surface area contributed by atoms with Crippen LogP contribution in [-0.2, 0) is 122 Å². The van der Waals surface area contributed by atoms with E-state index in [1.165, 1.54) is 5.56 Å². The molecule has 20 N–H and O–H groups in total. The lowest BCUT2D eigenvalue weighted by Gasteiger charge is -2.37. The maximum atomic E-state index is 13.7. The van der Waals surface area contributed by atoms with E-state index in [1.54, 1.807) is 54.9 Å². The van der Waals surface area contributed by atoms with Crippen molar-refractivity contribution in [3.63, 3.8) is 0 Å². The highest BCUT2D eigenvalue weighted by Crippen LogP contribution is 2.22. The molecule has 3 aromatic rings. The second-order valence-electron chi connectivity index (χ2n) is 34.0. The largest absolute Gasteiger partial charge is 0.481 e. The Balaban J connectivity index is 0.946. The fourth-order valence-corrected chi connectivity index (χ4v) is 15.2. The first kappa shape index (κ1) is 126. The molecule has 2 unspecified atom stereocenters. The molecule has 1 fully saturated rings. The monoisotopic (exact) mass is 2210 g/mol. The standard InChI is InChI=1S/C95H148IN17O33S/c96-72-20-16-69(17-21-72)9-7-15-81(114)97-28-4-2-13-77(90(128)129)104-83(116)27-40-137-44-48-141-51-53-143-55-57-145-59-60-146-58-56-144-54-52-142-49-45-138-41-31-98-89(127)76(12-1-6-30-100-95(147)102-73-22-18-70(19-23-73)61-75-63-111(67-87(123)124)35-34-109(65-85(119)120)32-33-110(66-86(121)122)36-37-112(75)68-88(125)126)103-82(115)26-39-136-43-47-140-50-46-139-42-38-113-64-80(107-108-113)71-10-8-11-74(62-71)101-93(134)99-29-5-3-14-78(91(130)131)105-94(135)106-79(92(132)133)24-25-84(117)118/h8,10-11,16-23,62,64,75-79,107-108H,1-7,9,12-15,24-61,63,65-68H2,(H,97,114)(H,98,127)(H,103,115)(H,104,116)(H,117,118)(H,119,120)(H,121,122)(H,123,124)(H,125,126)(H,128,129)(H,130,131)(H,132,133)(H2,99,101,134)(H2,100,102,147)(H2,105,106,135)/t75?,76?,77-,78-,79-/m0/s1. The molecular formula is C95H148IN17O33S.